The van der Waals surface area contributed by atoms with Crippen LogP contribution in [0.3, 0.4) is 0 Å². The molecule has 1 saturated heterocycles. The minimum atomic E-state index is -0.00324. The molecular weight excluding hydrogens is 382 g/mol. The maximum atomic E-state index is 12.6. The van der Waals surface area contributed by atoms with E-state index in [0.717, 1.165) is 36.6 Å². The monoisotopic (exact) mass is 401 g/mol. The van der Waals surface area contributed by atoms with Crippen molar-refractivity contribution in [3.63, 3.8) is 0 Å². The summed E-state index contributed by atoms with van der Waals surface area (Å²) in [5.74, 6) is 0.635. The van der Waals surface area contributed by atoms with Crippen LogP contribution in [-0.2, 0) is 4.79 Å². The summed E-state index contributed by atoms with van der Waals surface area (Å²) in [5.41, 5.74) is 1.73. The number of ether oxygens (including phenoxy) is 1. The van der Waals surface area contributed by atoms with Gasteiger partial charge in [0.1, 0.15) is 5.75 Å². The smallest absolute Gasteiger partial charge is 0.227 e. The molecule has 0 bridgehead atoms. The molecule has 0 aliphatic carbocycles. The zero-order valence-electron chi connectivity index (χ0n) is 14.9. The van der Waals surface area contributed by atoms with Crippen LogP contribution in [-0.4, -0.2) is 31.1 Å². The number of piperidine rings is 1. The molecule has 1 aromatic heterocycles. The van der Waals surface area contributed by atoms with Crippen LogP contribution in [0.25, 0.3) is 10.2 Å². The summed E-state index contributed by atoms with van der Waals surface area (Å²) in [4.78, 5) is 19.6. The number of hydrogen-bond donors (Lipinski definition) is 1. The van der Waals surface area contributed by atoms with Crippen LogP contribution >= 0.6 is 22.9 Å². The van der Waals surface area contributed by atoms with Gasteiger partial charge >= 0.3 is 0 Å². The van der Waals surface area contributed by atoms with E-state index in [4.69, 9.17) is 21.3 Å². The van der Waals surface area contributed by atoms with E-state index in [1.165, 1.54) is 4.70 Å². The second-order valence-electron chi connectivity index (χ2n) is 6.56. The number of thiazole rings is 1. The van der Waals surface area contributed by atoms with Crippen molar-refractivity contribution in [2.45, 2.75) is 12.8 Å². The fourth-order valence-corrected chi connectivity index (χ4v) is 4.59. The largest absolute Gasteiger partial charge is 0.495 e. The topological polar surface area (TPSA) is 54.5 Å². The number of fused-ring (bicyclic) bond motifs is 1. The molecule has 1 amide bonds. The van der Waals surface area contributed by atoms with Crippen LogP contribution in [0.5, 0.6) is 5.75 Å². The van der Waals surface area contributed by atoms with E-state index in [-0.39, 0.29) is 11.8 Å². The minimum Gasteiger partial charge on any atom is -0.495 e. The minimum absolute atomic E-state index is 0.00324. The average molecular weight is 402 g/mol. The Hall–Kier alpha value is -2.31. The van der Waals surface area contributed by atoms with Gasteiger partial charge in [-0.05, 0) is 43.2 Å². The van der Waals surface area contributed by atoms with Crippen LogP contribution < -0.4 is 15.0 Å². The number of methoxy groups -OCH3 is 1. The van der Waals surface area contributed by atoms with Gasteiger partial charge < -0.3 is 15.0 Å². The van der Waals surface area contributed by atoms with Crippen LogP contribution in [0.1, 0.15) is 12.8 Å². The molecule has 27 heavy (non-hydrogen) atoms. The maximum Gasteiger partial charge on any atom is 0.227 e. The van der Waals surface area contributed by atoms with Crippen molar-refractivity contribution in [1.29, 1.82) is 0 Å². The standard InChI is InChI=1S/C20H20ClN3O2S/c1-26-17-7-6-14(12-15(17)21)22-19(25)13-8-10-24(11-9-13)20-23-16-4-2-3-5-18(16)27-20/h2-7,12-13H,8-11H2,1H3,(H,22,25). The lowest BCUT2D eigenvalue weighted by molar-refractivity contribution is -0.120. The van der Waals surface area contributed by atoms with E-state index in [9.17, 15) is 4.79 Å². The Morgan fingerprint density at radius 2 is 2.04 bits per heavy atom. The highest BCUT2D eigenvalue weighted by Gasteiger charge is 2.26. The van der Waals surface area contributed by atoms with Gasteiger partial charge in [-0.3, -0.25) is 4.79 Å². The van der Waals surface area contributed by atoms with Crippen LogP contribution in [0.15, 0.2) is 42.5 Å². The molecule has 1 aliphatic heterocycles. The van der Waals surface area contributed by atoms with Gasteiger partial charge in [0.2, 0.25) is 5.91 Å². The summed E-state index contributed by atoms with van der Waals surface area (Å²) < 4.78 is 6.34. The number of para-hydroxylation sites is 1. The van der Waals surface area contributed by atoms with Crippen molar-refractivity contribution in [2.75, 3.05) is 30.4 Å². The third kappa shape index (κ3) is 3.87. The van der Waals surface area contributed by atoms with E-state index in [1.807, 2.05) is 18.2 Å². The lowest BCUT2D eigenvalue weighted by Crippen LogP contribution is -2.38. The van der Waals surface area contributed by atoms with Gasteiger partial charge in [-0.15, -0.1) is 0 Å². The molecule has 3 aromatic rings. The molecule has 1 aliphatic rings. The second kappa shape index (κ2) is 7.74. The lowest BCUT2D eigenvalue weighted by Gasteiger charge is -2.31. The SMILES string of the molecule is COc1ccc(NC(=O)C2CCN(c3nc4ccccc4s3)CC2)cc1Cl. The molecule has 1 fully saturated rings. The zero-order valence-corrected chi connectivity index (χ0v) is 16.5. The van der Waals surface area contributed by atoms with Gasteiger partial charge in [-0.25, -0.2) is 4.98 Å². The predicted molar refractivity (Wildman–Crippen MR) is 111 cm³/mol. The normalized spacial score (nSPS) is 15.1. The van der Waals surface area contributed by atoms with Crippen molar-refractivity contribution in [1.82, 2.24) is 4.98 Å². The number of carbonyl (C=O) groups excluding carboxylic acids is 1. The van der Waals surface area contributed by atoms with Gasteiger partial charge in [-0.2, -0.15) is 0 Å². The van der Waals surface area contributed by atoms with E-state index >= 15 is 0 Å². The Balaban J connectivity index is 1.37. The first-order chi connectivity index (χ1) is 13.1. The molecular formula is C20H20ClN3O2S. The molecule has 0 atom stereocenters. The number of hydrogen-bond acceptors (Lipinski definition) is 5. The first-order valence-electron chi connectivity index (χ1n) is 8.89. The van der Waals surface area contributed by atoms with E-state index < -0.39 is 0 Å². The second-order valence-corrected chi connectivity index (χ2v) is 7.98. The molecule has 0 unspecified atom stereocenters. The van der Waals surface area contributed by atoms with Crippen molar-refractivity contribution < 1.29 is 9.53 Å². The fraction of sp³-hybridized carbons (Fsp3) is 0.300. The quantitative estimate of drug-likeness (QED) is 0.681. The summed E-state index contributed by atoms with van der Waals surface area (Å²) in [6.45, 7) is 1.67. The van der Waals surface area contributed by atoms with Gasteiger partial charge in [-0.1, -0.05) is 35.1 Å². The Morgan fingerprint density at radius 3 is 2.74 bits per heavy atom. The van der Waals surface area contributed by atoms with Gasteiger partial charge in [0.25, 0.3) is 0 Å². The molecule has 5 nitrogen and oxygen atoms in total. The number of rotatable bonds is 4. The highest BCUT2D eigenvalue weighted by Crippen LogP contribution is 2.32. The third-order valence-electron chi connectivity index (χ3n) is 4.84. The summed E-state index contributed by atoms with van der Waals surface area (Å²) in [5, 5.41) is 4.50. The van der Waals surface area contributed by atoms with E-state index in [2.05, 4.69) is 16.3 Å². The number of halogens is 1. The first kappa shape index (κ1) is 18.1. The molecule has 0 saturated carbocycles. The van der Waals surface area contributed by atoms with Gasteiger partial charge in [0.15, 0.2) is 5.13 Å². The number of amides is 1. The Labute approximate surface area is 166 Å². The summed E-state index contributed by atoms with van der Waals surface area (Å²) in [7, 11) is 1.57. The molecule has 0 spiro atoms. The van der Waals surface area contributed by atoms with Crippen molar-refractivity contribution in [3.05, 3.63) is 47.5 Å². The van der Waals surface area contributed by atoms with Gasteiger partial charge in [0, 0.05) is 24.7 Å². The van der Waals surface area contributed by atoms with E-state index in [1.54, 1.807) is 36.6 Å². The van der Waals surface area contributed by atoms with Crippen LogP contribution in [0.2, 0.25) is 5.02 Å². The molecule has 4 rings (SSSR count). The number of benzene rings is 2. The lowest BCUT2D eigenvalue weighted by atomic mass is 9.96. The van der Waals surface area contributed by atoms with E-state index in [0.29, 0.717) is 16.5 Å². The Kier molecular flexibility index (Phi) is 5.18. The van der Waals surface area contributed by atoms with Crippen LogP contribution in [0, 0.1) is 5.92 Å². The molecule has 140 valence electrons. The Bertz CT molecular complexity index is 934. The number of anilines is 2. The summed E-state index contributed by atoms with van der Waals surface area (Å²) in [6, 6.07) is 13.5. The van der Waals surface area contributed by atoms with Crippen molar-refractivity contribution in [3.8, 4) is 5.75 Å². The summed E-state index contributed by atoms with van der Waals surface area (Å²) >= 11 is 7.84. The highest BCUT2D eigenvalue weighted by molar-refractivity contribution is 7.22. The highest BCUT2D eigenvalue weighted by atomic mass is 35.5. The van der Waals surface area contributed by atoms with Crippen molar-refractivity contribution >= 4 is 49.9 Å². The number of carbonyl (C=O) groups is 1. The fourth-order valence-electron chi connectivity index (χ4n) is 3.32. The Morgan fingerprint density at radius 1 is 1.26 bits per heavy atom. The summed E-state index contributed by atoms with van der Waals surface area (Å²) in [6.07, 6.45) is 1.62. The third-order valence-corrected chi connectivity index (χ3v) is 6.23. The van der Waals surface area contributed by atoms with Crippen molar-refractivity contribution in [2.24, 2.45) is 5.92 Å². The number of nitrogens with zero attached hydrogens (tertiary/aromatic N) is 2. The number of aromatic nitrogens is 1. The van der Waals surface area contributed by atoms with Crippen LogP contribution in [0.4, 0.5) is 10.8 Å². The number of nitrogens with one attached hydrogen (secondary N) is 1. The average Bonchev–Trinajstić information content (AvgIpc) is 3.12. The maximum absolute atomic E-state index is 12.6. The predicted octanol–water partition coefficient (Wildman–Crippen LogP) is 4.81. The molecule has 1 N–H and O–H groups in total. The molecule has 0 radical (unpaired) electrons. The first-order valence-corrected chi connectivity index (χ1v) is 10.1. The molecule has 2 aromatic carbocycles. The zero-order chi connectivity index (χ0) is 18.8. The molecule has 2 heterocycles. The molecule has 7 heteroatoms. The van der Waals surface area contributed by atoms with Gasteiger partial charge in [0.05, 0.1) is 22.3 Å².